The number of nitrogens with one attached hydrogen (secondary N) is 1. The summed E-state index contributed by atoms with van der Waals surface area (Å²) < 4.78 is 0. The van der Waals surface area contributed by atoms with Crippen LogP contribution in [0, 0.1) is 0 Å². The maximum atomic E-state index is 4.61. The van der Waals surface area contributed by atoms with Gasteiger partial charge in [-0.3, -0.25) is 0 Å². The molecule has 0 atom stereocenters. The quantitative estimate of drug-likeness (QED) is 0.294. The maximum absolute atomic E-state index is 4.61. The highest BCUT2D eigenvalue weighted by molar-refractivity contribution is 6.13. The first-order chi connectivity index (χ1) is 15.9. The van der Waals surface area contributed by atoms with Crippen molar-refractivity contribution in [2.45, 2.75) is 0 Å². The zero-order chi connectivity index (χ0) is 21.3. The standard InChI is InChI=1S/C26H18N6/c1-6-14-23-18(8-1)11-7-15-25(23)28-26-29-30-31-32(26)27-17-24-21-12-4-2-9-19(21)16-20-10-3-5-13-22(20)24/h1-17H,(H,28,29,31). The van der Waals surface area contributed by atoms with Gasteiger partial charge in [-0.2, -0.15) is 5.10 Å². The Hall–Kier alpha value is -4.58. The van der Waals surface area contributed by atoms with Gasteiger partial charge >= 0.3 is 0 Å². The summed E-state index contributed by atoms with van der Waals surface area (Å²) in [6.45, 7) is 0. The van der Waals surface area contributed by atoms with Crippen LogP contribution in [0.1, 0.15) is 5.56 Å². The van der Waals surface area contributed by atoms with Gasteiger partial charge in [0, 0.05) is 16.6 Å². The Morgan fingerprint density at radius 2 is 1.31 bits per heavy atom. The number of rotatable bonds is 4. The average Bonchev–Trinajstić information content (AvgIpc) is 3.29. The second kappa shape index (κ2) is 7.59. The number of nitrogens with zero attached hydrogens (tertiary/aromatic N) is 5. The van der Waals surface area contributed by atoms with Crippen molar-refractivity contribution >= 4 is 50.2 Å². The SMILES string of the molecule is C(=Nn1nnnc1Nc1cccc2ccccc12)c1c2ccccc2cc2ccccc12. The lowest BCUT2D eigenvalue weighted by Gasteiger charge is -2.09. The van der Waals surface area contributed by atoms with Crippen molar-refractivity contribution in [3.8, 4) is 0 Å². The summed E-state index contributed by atoms with van der Waals surface area (Å²) in [5.74, 6) is 0.446. The minimum Gasteiger partial charge on any atom is -0.321 e. The van der Waals surface area contributed by atoms with Gasteiger partial charge in [-0.1, -0.05) is 94.8 Å². The molecule has 152 valence electrons. The topological polar surface area (TPSA) is 68.0 Å². The molecule has 0 saturated heterocycles. The van der Waals surface area contributed by atoms with Crippen LogP contribution in [0.3, 0.4) is 0 Å². The summed E-state index contributed by atoms with van der Waals surface area (Å²) >= 11 is 0. The highest BCUT2D eigenvalue weighted by Crippen LogP contribution is 2.28. The minimum atomic E-state index is 0.446. The average molecular weight is 414 g/mol. The molecule has 1 N–H and O–H groups in total. The van der Waals surface area contributed by atoms with Crippen molar-refractivity contribution in [1.82, 2.24) is 20.3 Å². The first-order valence-corrected chi connectivity index (χ1v) is 10.3. The van der Waals surface area contributed by atoms with E-state index in [0.29, 0.717) is 5.95 Å². The molecular weight excluding hydrogens is 396 g/mol. The fourth-order valence-corrected chi connectivity index (χ4v) is 4.09. The predicted molar refractivity (Wildman–Crippen MR) is 129 cm³/mol. The Morgan fingerprint density at radius 1 is 0.688 bits per heavy atom. The van der Waals surface area contributed by atoms with Gasteiger partial charge in [0.15, 0.2) is 0 Å². The van der Waals surface area contributed by atoms with Crippen LogP contribution in [0.25, 0.3) is 32.3 Å². The summed E-state index contributed by atoms with van der Waals surface area (Å²) in [6, 6.07) is 33.1. The summed E-state index contributed by atoms with van der Waals surface area (Å²) in [5, 5.41) is 26.8. The number of aromatic nitrogens is 4. The zero-order valence-corrected chi connectivity index (χ0v) is 17.1. The van der Waals surface area contributed by atoms with Crippen LogP contribution in [-0.4, -0.2) is 26.5 Å². The van der Waals surface area contributed by atoms with Crippen LogP contribution in [-0.2, 0) is 0 Å². The molecule has 0 fully saturated rings. The van der Waals surface area contributed by atoms with Gasteiger partial charge in [0.1, 0.15) is 0 Å². The molecule has 0 aliphatic heterocycles. The molecule has 5 aromatic carbocycles. The normalized spacial score (nSPS) is 11.6. The third kappa shape index (κ3) is 3.15. The molecule has 0 unspecified atom stereocenters. The van der Waals surface area contributed by atoms with Gasteiger partial charge in [0.25, 0.3) is 5.95 Å². The third-order valence-electron chi connectivity index (χ3n) is 5.60. The number of tetrazole rings is 1. The molecule has 32 heavy (non-hydrogen) atoms. The Bertz CT molecular complexity index is 1560. The summed E-state index contributed by atoms with van der Waals surface area (Å²) in [5.41, 5.74) is 1.95. The molecular formula is C26H18N6. The van der Waals surface area contributed by atoms with Crippen molar-refractivity contribution in [3.05, 3.63) is 103 Å². The molecule has 6 nitrogen and oxygen atoms in total. The third-order valence-corrected chi connectivity index (χ3v) is 5.60. The molecule has 0 aliphatic rings. The van der Waals surface area contributed by atoms with E-state index in [-0.39, 0.29) is 0 Å². The van der Waals surface area contributed by atoms with Crippen LogP contribution in [0.15, 0.2) is 102 Å². The second-order valence-corrected chi connectivity index (χ2v) is 7.52. The van der Waals surface area contributed by atoms with Crippen molar-refractivity contribution < 1.29 is 0 Å². The Morgan fingerprint density at radius 3 is 2.06 bits per heavy atom. The van der Waals surface area contributed by atoms with Gasteiger partial charge in [-0.15, -0.1) is 0 Å². The highest BCUT2D eigenvalue weighted by Gasteiger charge is 2.09. The van der Waals surface area contributed by atoms with Gasteiger partial charge in [-0.05, 0) is 49.5 Å². The smallest absolute Gasteiger partial charge is 0.269 e. The predicted octanol–water partition coefficient (Wildman–Crippen LogP) is 5.76. The molecule has 0 radical (unpaired) electrons. The van der Waals surface area contributed by atoms with Gasteiger partial charge in [-0.25, -0.2) is 0 Å². The first kappa shape index (κ1) is 18.2. The van der Waals surface area contributed by atoms with Crippen molar-refractivity contribution in [3.63, 3.8) is 0 Å². The van der Waals surface area contributed by atoms with Crippen LogP contribution >= 0.6 is 0 Å². The largest absolute Gasteiger partial charge is 0.321 e. The van der Waals surface area contributed by atoms with Crippen LogP contribution < -0.4 is 5.32 Å². The lowest BCUT2D eigenvalue weighted by atomic mass is 9.97. The van der Waals surface area contributed by atoms with Crippen LogP contribution in [0.5, 0.6) is 0 Å². The van der Waals surface area contributed by atoms with E-state index in [9.17, 15) is 0 Å². The summed E-state index contributed by atoms with van der Waals surface area (Å²) in [6.07, 6.45) is 1.83. The van der Waals surface area contributed by atoms with Crippen molar-refractivity contribution in [1.29, 1.82) is 0 Å². The van der Waals surface area contributed by atoms with E-state index in [1.54, 1.807) is 0 Å². The molecule has 1 heterocycles. The fraction of sp³-hybridized carbons (Fsp3) is 0. The lowest BCUT2D eigenvalue weighted by molar-refractivity contribution is 0.699. The molecule has 6 heteroatoms. The van der Waals surface area contributed by atoms with Gasteiger partial charge < -0.3 is 5.32 Å². The maximum Gasteiger partial charge on any atom is 0.269 e. The van der Waals surface area contributed by atoms with Crippen molar-refractivity contribution in [2.75, 3.05) is 5.32 Å². The summed E-state index contributed by atoms with van der Waals surface area (Å²) in [7, 11) is 0. The second-order valence-electron chi connectivity index (χ2n) is 7.52. The molecule has 0 amide bonds. The van der Waals surface area contributed by atoms with E-state index in [1.165, 1.54) is 15.6 Å². The zero-order valence-electron chi connectivity index (χ0n) is 17.1. The number of fused-ring (bicyclic) bond motifs is 3. The minimum absolute atomic E-state index is 0.446. The molecule has 0 spiro atoms. The number of hydrogen-bond donors (Lipinski definition) is 1. The van der Waals surface area contributed by atoms with Gasteiger partial charge in [0.2, 0.25) is 0 Å². The molecule has 1 aromatic heterocycles. The highest BCUT2D eigenvalue weighted by atomic mass is 15.7. The Balaban J connectivity index is 1.43. The van der Waals surface area contributed by atoms with E-state index >= 15 is 0 Å². The van der Waals surface area contributed by atoms with Gasteiger partial charge in [0.05, 0.1) is 6.21 Å². The van der Waals surface area contributed by atoms with E-state index in [0.717, 1.165) is 32.8 Å². The molecule has 6 aromatic rings. The Labute approximate surface area is 183 Å². The van der Waals surface area contributed by atoms with E-state index in [1.807, 2.05) is 54.7 Å². The molecule has 6 rings (SSSR count). The number of benzene rings is 5. The Kier molecular flexibility index (Phi) is 4.32. The van der Waals surface area contributed by atoms with E-state index < -0.39 is 0 Å². The van der Waals surface area contributed by atoms with Crippen molar-refractivity contribution in [2.24, 2.45) is 5.10 Å². The lowest BCUT2D eigenvalue weighted by Crippen LogP contribution is -2.02. The van der Waals surface area contributed by atoms with E-state index in [4.69, 9.17) is 0 Å². The molecule has 0 saturated carbocycles. The number of anilines is 2. The molecule has 0 bridgehead atoms. The number of hydrogen-bond acceptors (Lipinski definition) is 5. The first-order valence-electron chi connectivity index (χ1n) is 10.3. The summed E-state index contributed by atoms with van der Waals surface area (Å²) in [4.78, 5) is 1.42. The molecule has 0 aliphatic carbocycles. The monoisotopic (exact) mass is 414 g/mol. The fourth-order valence-electron chi connectivity index (χ4n) is 4.09. The van der Waals surface area contributed by atoms with Crippen LogP contribution in [0.2, 0.25) is 0 Å². The van der Waals surface area contributed by atoms with E-state index in [2.05, 4.69) is 74.5 Å². The van der Waals surface area contributed by atoms with Crippen LogP contribution in [0.4, 0.5) is 11.6 Å².